The Morgan fingerprint density at radius 3 is 2.79 bits per heavy atom. The van der Waals surface area contributed by atoms with E-state index in [1.807, 2.05) is 24.3 Å². The smallest absolute Gasteiger partial charge is 0.329 e. The highest BCUT2D eigenvalue weighted by atomic mass is 19.4. The number of nitrogens with zero attached hydrogens (tertiary/aromatic N) is 5. The van der Waals surface area contributed by atoms with Crippen LogP contribution in [0.5, 0.6) is 0 Å². The second-order valence-corrected chi connectivity index (χ2v) is 6.71. The molecule has 0 aliphatic carbocycles. The van der Waals surface area contributed by atoms with Gasteiger partial charge in [0, 0.05) is 13.1 Å². The Balaban J connectivity index is 1.64. The zero-order chi connectivity index (χ0) is 20.9. The summed E-state index contributed by atoms with van der Waals surface area (Å²) >= 11 is 0. The van der Waals surface area contributed by atoms with Crippen molar-refractivity contribution in [3.63, 3.8) is 0 Å². The van der Waals surface area contributed by atoms with Gasteiger partial charge in [-0.15, -0.1) is 6.58 Å². The number of rotatable bonds is 9. The molecule has 0 unspecified atom stereocenters. The fourth-order valence-corrected chi connectivity index (χ4v) is 2.85. The molecule has 0 bridgehead atoms. The van der Waals surface area contributed by atoms with Crippen LogP contribution in [0, 0.1) is 0 Å². The zero-order valence-corrected chi connectivity index (χ0v) is 16.1. The standard InChI is InChI=1S/C20H22F3N5O/c1-3-4-5-10-27(2)11-12-28-14-24-16-13-15(6-8-17(16)28)7-9-18-25-19(29-26-18)20(21,22)23/h3,6-9,13-14H,1,4-5,10-12H2,2H3/b9-7+. The van der Waals surface area contributed by atoms with E-state index in [0.717, 1.165) is 49.1 Å². The highest BCUT2D eigenvalue weighted by Crippen LogP contribution is 2.27. The molecule has 1 aromatic carbocycles. The molecule has 2 heterocycles. The van der Waals surface area contributed by atoms with E-state index in [9.17, 15) is 13.2 Å². The van der Waals surface area contributed by atoms with Crippen molar-refractivity contribution in [3.8, 4) is 0 Å². The molecule has 0 N–H and O–H groups in total. The quantitative estimate of drug-likeness (QED) is 0.387. The van der Waals surface area contributed by atoms with Gasteiger partial charge in [-0.1, -0.05) is 23.4 Å². The molecule has 2 aromatic heterocycles. The van der Waals surface area contributed by atoms with Gasteiger partial charge >= 0.3 is 12.1 Å². The molecule has 9 heteroatoms. The lowest BCUT2D eigenvalue weighted by molar-refractivity contribution is -0.159. The predicted molar refractivity (Wildman–Crippen MR) is 105 cm³/mol. The lowest BCUT2D eigenvalue weighted by Crippen LogP contribution is -2.24. The molecule has 0 saturated carbocycles. The lowest BCUT2D eigenvalue weighted by Gasteiger charge is -2.16. The molecule has 0 fully saturated rings. The van der Waals surface area contributed by atoms with Crippen LogP contribution < -0.4 is 0 Å². The largest absolute Gasteiger partial charge is 0.471 e. The predicted octanol–water partition coefficient (Wildman–Crippen LogP) is 4.51. The lowest BCUT2D eigenvalue weighted by atomic mass is 10.2. The van der Waals surface area contributed by atoms with Crippen LogP contribution in [0.15, 0.2) is 41.7 Å². The normalized spacial score (nSPS) is 12.4. The highest BCUT2D eigenvalue weighted by Gasteiger charge is 2.38. The number of hydrogen-bond acceptors (Lipinski definition) is 5. The Morgan fingerprint density at radius 2 is 2.07 bits per heavy atom. The second kappa shape index (κ2) is 9.04. The summed E-state index contributed by atoms with van der Waals surface area (Å²) in [6.07, 6.45) is 4.17. The zero-order valence-electron chi connectivity index (χ0n) is 16.1. The molecular formula is C20H22F3N5O. The van der Waals surface area contributed by atoms with Gasteiger partial charge in [0.15, 0.2) is 5.82 Å². The first-order chi connectivity index (χ1) is 13.9. The maximum absolute atomic E-state index is 12.5. The second-order valence-electron chi connectivity index (χ2n) is 6.71. The van der Waals surface area contributed by atoms with Gasteiger partial charge in [-0.05, 0) is 50.2 Å². The van der Waals surface area contributed by atoms with Crippen LogP contribution in [0.2, 0.25) is 0 Å². The minimum Gasteiger partial charge on any atom is -0.329 e. The van der Waals surface area contributed by atoms with E-state index in [2.05, 4.69) is 42.7 Å². The molecule has 0 saturated heterocycles. The van der Waals surface area contributed by atoms with E-state index in [-0.39, 0.29) is 5.82 Å². The number of benzene rings is 1. The molecule has 0 spiro atoms. The van der Waals surface area contributed by atoms with Crippen LogP contribution in [0.4, 0.5) is 13.2 Å². The molecular weight excluding hydrogens is 383 g/mol. The Hall–Kier alpha value is -2.94. The molecule has 0 aliphatic rings. The Labute approximate surface area is 166 Å². The maximum Gasteiger partial charge on any atom is 0.471 e. The van der Waals surface area contributed by atoms with Gasteiger partial charge in [0.1, 0.15) is 0 Å². The number of alkyl halides is 3. The number of imidazole rings is 1. The van der Waals surface area contributed by atoms with Crippen molar-refractivity contribution in [2.75, 3.05) is 20.1 Å². The summed E-state index contributed by atoms with van der Waals surface area (Å²) in [5, 5.41) is 3.31. The van der Waals surface area contributed by atoms with Gasteiger partial charge in [-0.2, -0.15) is 18.2 Å². The van der Waals surface area contributed by atoms with Crippen LogP contribution >= 0.6 is 0 Å². The van der Waals surface area contributed by atoms with Crippen molar-refractivity contribution in [1.29, 1.82) is 0 Å². The van der Waals surface area contributed by atoms with Crippen molar-refractivity contribution in [1.82, 2.24) is 24.6 Å². The van der Waals surface area contributed by atoms with Gasteiger partial charge in [0.05, 0.1) is 17.4 Å². The topological polar surface area (TPSA) is 60.0 Å². The van der Waals surface area contributed by atoms with Crippen LogP contribution in [0.25, 0.3) is 23.2 Å². The van der Waals surface area contributed by atoms with Crippen LogP contribution in [-0.4, -0.2) is 44.7 Å². The summed E-state index contributed by atoms with van der Waals surface area (Å²) < 4.78 is 43.8. The third kappa shape index (κ3) is 5.54. The fraction of sp³-hybridized carbons (Fsp3) is 0.350. The number of unbranched alkanes of at least 4 members (excludes halogenated alkanes) is 1. The summed E-state index contributed by atoms with van der Waals surface area (Å²) in [5.74, 6) is -1.50. The average Bonchev–Trinajstić information content (AvgIpc) is 3.31. The van der Waals surface area contributed by atoms with E-state index < -0.39 is 12.1 Å². The first-order valence-electron chi connectivity index (χ1n) is 9.20. The minimum absolute atomic E-state index is 0.137. The van der Waals surface area contributed by atoms with E-state index in [4.69, 9.17) is 0 Å². The summed E-state index contributed by atoms with van der Waals surface area (Å²) in [6.45, 7) is 6.47. The van der Waals surface area contributed by atoms with E-state index >= 15 is 0 Å². The molecule has 0 aliphatic heterocycles. The first kappa shape index (κ1) is 20.8. The summed E-state index contributed by atoms with van der Waals surface area (Å²) in [5.41, 5.74) is 2.59. The molecule has 0 radical (unpaired) electrons. The van der Waals surface area contributed by atoms with Crippen LogP contribution in [-0.2, 0) is 12.7 Å². The summed E-state index contributed by atoms with van der Waals surface area (Å²) in [6, 6.07) is 5.67. The number of halogens is 3. The molecule has 3 rings (SSSR count). The van der Waals surface area contributed by atoms with Crippen LogP contribution in [0.3, 0.4) is 0 Å². The monoisotopic (exact) mass is 405 g/mol. The van der Waals surface area contributed by atoms with E-state index in [1.54, 1.807) is 12.4 Å². The van der Waals surface area contributed by atoms with Gasteiger partial charge in [0.2, 0.25) is 0 Å². The Bertz CT molecular complexity index is 990. The van der Waals surface area contributed by atoms with Gasteiger partial charge < -0.3 is 14.0 Å². The highest BCUT2D eigenvalue weighted by molar-refractivity contribution is 5.80. The third-order valence-corrected chi connectivity index (χ3v) is 4.42. The Kier molecular flexibility index (Phi) is 6.48. The van der Waals surface area contributed by atoms with E-state index in [1.165, 1.54) is 6.08 Å². The van der Waals surface area contributed by atoms with E-state index in [0.29, 0.717) is 0 Å². The van der Waals surface area contributed by atoms with Crippen molar-refractivity contribution in [3.05, 3.63) is 54.5 Å². The molecule has 6 nitrogen and oxygen atoms in total. The molecule has 3 aromatic rings. The number of likely N-dealkylation sites (N-methyl/N-ethyl adjacent to an activating group) is 1. The van der Waals surface area contributed by atoms with Crippen molar-refractivity contribution >= 4 is 23.2 Å². The van der Waals surface area contributed by atoms with Crippen LogP contribution in [0.1, 0.15) is 30.1 Å². The average molecular weight is 405 g/mol. The van der Waals surface area contributed by atoms with Gasteiger partial charge in [0.25, 0.3) is 0 Å². The maximum atomic E-state index is 12.5. The van der Waals surface area contributed by atoms with Gasteiger partial charge in [-0.3, -0.25) is 0 Å². The van der Waals surface area contributed by atoms with Crippen molar-refractivity contribution in [2.45, 2.75) is 25.6 Å². The fourth-order valence-electron chi connectivity index (χ4n) is 2.85. The molecule has 0 amide bonds. The summed E-state index contributed by atoms with van der Waals surface area (Å²) in [4.78, 5) is 10.0. The van der Waals surface area contributed by atoms with Crippen molar-refractivity contribution in [2.24, 2.45) is 0 Å². The molecule has 0 atom stereocenters. The molecule has 154 valence electrons. The minimum atomic E-state index is -4.65. The summed E-state index contributed by atoms with van der Waals surface area (Å²) in [7, 11) is 2.09. The first-order valence-corrected chi connectivity index (χ1v) is 9.20. The van der Waals surface area contributed by atoms with Gasteiger partial charge in [-0.25, -0.2) is 4.98 Å². The number of hydrogen-bond donors (Lipinski definition) is 0. The number of allylic oxidation sites excluding steroid dienone is 1. The SMILES string of the molecule is C=CCCCN(C)CCn1cnc2cc(/C=C/c3noc(C(F)(F)F)n3)ccc21. The number of aromatic nitrogens is 4. The Morgan fingerprint density at radius 1 is 1.24 bits per heavy atom. The third-order valence-electron chi connectivity index (χ3n) is 4.42. The number of fused-ring (bicyclic) bond motifs is 1. The molecule has 29 heavy (non-hydrogen) atoms. The van der Waals surface area contributed by atoms with Crippen molar-refractivity contribution < 1.29 is 17.7 Å².